The van der Waals surface area contributed by atoms with Crippen molar-refractivity contribution in [3.63, 3.8) is 0 Å². The third kappa shape index (κ3) is 8.94. The van der Waals surface area contributed by atoms with Gasteiger partial charge in [-0.2, -0.15) is 23.4 Å². The molecule has 44 heavy (non-hydrogen) atoms. The summed E-state index contributed by atoms with van der Waals surface area (Å²) in [6.45, 7) is 2.01. The van der Waals surface area contributed by atoms with E-state index >= 15 is 0 Å². The van der Waals surface area contributed by atoms with E-state index in [1.54, 1.807) is 64.5 Å². The molecule has 6 aromatic rings. The molecule has 0 saturated heterocycles. The Hall–Kier alpha value is -4.14. The van der Waals surface area contributed by atoms with E-state index in [4.69, 9.17) is 28.9 Å². The average Bonchev–Trinajstić information content (AvgIpc) is 3.71. The Kier molecular flexibility index (Phi) is 11.2. The van der Waals surface area contributed by atoms with E-state index in [1.807, 2.05) is 49.5 Å². The lowest BCUT2D eigenvalue weighted by Crippen LogP contribution is -2.10. The van der Waals surface area contributed by atoms with E-state index < -0.39 is 11.7 Å². The number of benzene rings is 2. The largest absolute Gasteiger partial charge is 0.419 e. The molecule has 0 unspecified atom stereocenters. The summed E-state index contributed by atoms with van der Waals surface area (Å²) in [7, 11) is 0. The van der Waals surface area contributed by atoms with Crippen LogP contribution in [0.3, 0.4) is 0 Å². The fraction of sp³-hybridized carbons (Fsp3) is 0.0667. The highest BCUT2D eigenvalue weighted by Crippen LogP contribution is 2.37. The van der Waals surface area contributed by atoms with Gasteiger partial charge in [-0.3, -0.25) is 0 Å². The number of nitrogens with zero attached hydrogens (tertiary/aromatic N) is 6. The van der Waals surface area contributed by atoms with Crippen LogP contribution in [0.25, 0.3) is 11.4 Å². The quantitative estimate of drug-likeness (QED) is 0.106. The standard InChI is InChI=1S/C15H10ClF3N4.C9H9N3.C6H5ClIN/c16-14-8-12(10(9-20-14)15(17,18)19)22-11-4-1-2-5-13(11)23-7-3-6-21-23;10-8-4-1-2-5-9(8)12-7-3-6-11-12;1-4-3-9-6(7)2-5(4)8/h1-9H,(H,20,22);1-7H,10H2;2-3H,1H3. The first-order valence-corrected chi connectivity index (χ1v) is 14.6. The van der Waals surface area contributed by atoms with Crippen LogP contribution < -0.4 is 11.1 Å². The average molecular weight is 751 g/mol. The van der Waals surface area contributed by atoms with Crippen molar-refractivity contribution < 1.29 is 13.2 Å². The lowest BCUT2D eigenvalue weighted by molar-refractivity contribution is -0.137. The van der Waals surface area contributed by atoms with Crippen LogP contribution in [0.5, 0.6) is 0 Å². The zero-order chi connectivity index (χ0) is 31.7. The van der Waals surface area contributed by atoms with Crippen LogP contribution in [0, 0.1) is 10.5 Å². The van der Waals surface area contributed by atoms with Crippen molar-refractivity contribution in [2.24, 2.45) is 0 Å². The molecule has 3 N–H and O–H groups in total. The summed E-state index contributed by atoms with van der Waals surface area (Å²) < 4.78 is 43.8. The van der Waals surface area contributed by atoms with Crippen molar-refractivity contribution in [2.45, 2.75) is 13.1 Å². The molecule has 0 aliphatic heterocycles. The highest BCUT2D eigenvalue weighted by atomic mass is 127. The van der Waals surface area contributed by atoms with Gasteiger partial charge in [0.25, 0.3) is 0 Å². The van der Waals surface area contributed by atoms with Gasteiger partial charge >= 0.3 is 6.18 Å². The lowest BCUT2D eigenvalue weighted by Gasteiger charge is -2.16. The number of para-hydroxylation sites is 4. The predicted octanol–water partition coefficient (Wildman–Crippen LogP) is 8.79. The molecule has 14 heteroatoms. The Labute approximate surface area is 274 Å². The second-order valence-corrected chi connectivity index (χ2v) is 10.8. The fourth-order valence-electron chi connectivity index (χ4n) is 3.68. The number of aryl methyl sites for hydroxylation is 1. The molecule has 4 heterocycles. The highest BCUT2D eigenvalue weighted by Gasteiger charge is 2.34. The van der Waals surface area contributed by atoms with Crippen LogP contribution >= 0.6 is 45.8 Å². The number of aromatic nitrogens is 6. The number of pyridine rings is 2. The summed E-state index contributed by atoms with van der Waals surface area (Å²) >= 11 is 13.6. The molecule has 0 radical (unpaired) electrons. The summed E-state index contributed by atoms with van der Waals surface area (Å²) in [6.07, 6.45) is 4.82. The van der Waals surface area contributed by atoms with Crippen molar-refractivity contribution in [3.8, 4) is 11.4 Å². The second-order valence-electron chi connectivity index (χ2n) is 8.91. The molecule has 0 fully saturated rings. The van der Waals surface area contributed by atoms with Crippen LogP contribution in [0.4, 0.5) is 30.2 Å². The molecule has 0 atom stereocenters. The smallest absolute Gasteiger partial charge is 0.397 e. The van der Waals surface area contributed by atoms with Crippen LogP contribution in [0.15, 0.2) is 110 Å². The van der Waals surface area contributed by atoms with E-state index in [-0.39, 0.29) is 10.8 Å². The Morgan fingerprint density at radius 1 is 0.773 bits per heavy atom. The van der Waals surface area contributed by atoms with Gasteiger partial charge < -0.3 is 11.1 Å². The Bertz CT molecular complexity index is 1800. The summed E-state index contributed by atoms with van der Waals surface area (Å²) in [5, 5.41) is 11.5. The molecule has 0 spiro atoms. The van der Waals surface area contributed by atoms with Gasteiger partial charge in [-0.05, 0) is 83.6 Å². The van der Waals surface area contributed by atoms with E-state index in [0.717, 1.165) is 21.0 Å². The molecular formula is C30H24Cl2F3IN8. The van der Waals surface area contributed by atoms with E-state index in [2.05, 4.69) is 48.1 Å². The topological polar surface area (TPSA) is 99.5 Å². The van der Waals surface area contributed by atoms with Crippen molar-refractivity contribution in [1.29, 1.82) is 0 Å². The molecule has 4 aromatic heterocycles. The number of anilines is 3. The Balaban J connectivity index is 0.000000174. The van der Waals surface area contributed by atoms with Gasteiger partial charge in [0.2, 0.25) is 0 Å². The summed E-state index contributed by atoms with van der Waals surface area (Å²) in [4.78, 5) is 7.41. The molecule has 0 aliphatic rings. The zero-order valence-electron chi connectivity index (χ0n) is 22.9. The van der Waals surface area contributed by atoms with Gasteiger partial charge in [-0.1, -0.05) is 47.5 Å². The molecule has 6 rings (SSSR count). The SMILES string of the molecule is Cc1cnc(Cl)cc1I.FC(F)(F)c1cnc(Cl)cc1Nc1ccccc1-n1cccn1.Nc1ccccc1-n1cccn1. The fourth-order valence-corrected chi connectivity index (χ4v) is 4.61. The number of hydrogen-bond acceptors (Lipinski definition) is 6. The van der Waals surface area contributed by atoms with E-state index in [0.29, 0.717) is 22.7 Å². The van der Waals surface area contributed by atoms with Crippen LogP contribution in [-0.2, 0) is 6.18 Å². The maximum absolute atomic E-state index is 13.1. The normalized spacial score (nSPS) is 10.7. The number of nitrogens with one attached hydrogen (secondary N) is 1. The number of hydrogen-bond donors (Lipinski definition) is 2. The molecule has 0 aliphatic carbocycles. The number of alkyl halides is 3. The van der Waals surface area contributed by atoms with Crippen molar-refractivity contribution in [2.75, 3.05) is 11.1 Å². The van der Waals surface area contributed by atoms with Crippen molar-refractivity contribution in [3.05, 3.63) is 135 Å². The van der Waals surface area contributed by atoms with Gasteiger partial charge in [0, 0.05) is 40.8 Å². The zero-order valence-corrected chi connectivity index (χ0v) is 26.6. The van der Waals surface area contributed by atoms with Crippen LogP contribution in [-0.4, -0.2) is 29.5 Å². The maximum atomic E-state index is 13.1. The Morgan fingerprint density at radius 2 is 1.34 bits per heavy atom. The second kappa shape index (κ2) is 15.0. The van der Waals surface area contributed by atoms with Crippen LogP contribution in [0.2, 0.25) is 10.3 Å². The van der Waals surface area contributed by atoms with E-state index in [1.165, 1.54) is 5.56 Å². The van der Waals surface area contributed by atoms with Gasteiger partial charge in [-0.15, -0.1) is 0 Å². The van der Waals surface area contributed by atoms with Gasteiger partial charge in [0.05, 0.1) is 34.0 Å². The maximum Gasteiger partial charge on any atom is 0.419 e. The number of rotatable bonds is 4. The third-order valence-corrected chi connectivity index (χ3v) is 7.37. The first-order chi connectivity index (χ1) is 21.0. The first-order valence-electron chi connectivity index (χ1n) is 12.7. The molecular weight excluding hydrogens is 727 g/mol. The molecule has 0 amide bonds. The van der Waals surface area contributed by atoms with Gasteiger partial charge in [-0.25, -0.2) is 19.3 Å². The molecule has 226 valence electrons. The molecule has 8 nitrogen and oxygen atoms in total. The van der Waals surface area contributed by atoms with Gasteiger partial charge in [0.15, 0.2) is 0 Å². The number of nitrogen functional groups attached to an aromatic ring is 1. The van der Waals surface area contributed by atoms with Crippen molar-refractivity contribution in [1.82, 2.24) is 29.5 Å². The highest BCUT2D eigenvalue weighted by molar-refractivity contribution is 14.1. The van der Waals surface area contributed by atoms with Crippen LogP contribution in [0.1, 0.15) is 11.1 Å². The number of halogens is 6. The van der Waals surface area contributed by atoms with E-state index in [9.17, 15) is 13.2 Å². The third-order valence-electron chi connectivity index (χ3n) is 5.79. The lowest BCUT2D eigenvalue weighted by atomic mass is 10.2. The molecule has 0 bridgehead atoms. The monoisotopic (exact) mass is 750 g/mol. The van der Waals surface area contributed by atoms with Gasteiger partial charge in [0.1, 0.15) is 10.3 Å². The summed E-state index contributed by atoms with van der Waals surface area (Å²) in [6, 6.07) is 21.1. The first kappa shape index (κ1) is 32.8. The minimum Gasteiger partial charge on any atom is -0.397 e. The minimum absolute atomic E-state index is 0.0305. The molecule has 0 saturated carbocycles. The molecule has 2 aromatic carbocycles. The summed E-state index contributed by atoms with van der Waals surface area (Å²) in [5.41, 5.74) is 8.58. The summed E-state index contributed by atoms with van der Waals surface area (Å²) in [5.74, 6) is 0. The number of nitrogens with two attached hydrogens (primary N) is 1. The Morgan fingerprint density at radius 3 is 1.91 bits per heavy atom. The van der Waals surface area contributed by atoms with Crippen molar-refractivity contribution >= 4 is 62.9 Å². The minimum atomic E-state index is -4.54. The predicted molar refractivity (Wildman–Crippen MR) is 176 cm³/mol.